The fourth-order valence-electron chi connectivity index (χ4n) is 2.77. The summed E-state index contributed by atoms with van der Waals surface area (Å²) < 4.78 is 0. The molecule has 1 aliphatic carbocycles. The first-order valence-corrected chi connectivity index (χ1v) is 7.49. The molecule has 0 aromatic heterocycles. The number of aliphatic carboxylic acids is 1. The molecule has 1 fully saturated rings. The minimum absolute atomic E-state index is 0.0245. The van der Waals surface area contributed by atoms with Gasteiger partial charge in [0.1, 0.15) is 0 Å². The Bertz CT molecular complexity index is 342. The van der Waals surface area contributed by atoms with Crippen LogP contribution in [0.3, 0.4) is 0 Å². The maximum absolute atomic E-state index is 12.3. The van der Waals surface area contributed by atoms with Crippen molar-refractivity contribution in [2.75, 3.05) is 20.6 Å². The number of hydrogen-bond acceptors (Lipinski definition) is 3. The predicted molar refractivity (Wildman–Crippen MR) is 78.4 cm³/mol. The smallest absolute Gasteiger partial charge is 0.306 e. The second-order valence-electron chi connectivity index (χ2n) is 6.52. The third-order valence-electron chi connectivity index (χ3n) is 4.09. The molecule has 0 aromatic rings. The molecule has 3 atom stereocenters. The van der Waals surface area contributed by atoms with Crippen molar-refractivity contribution in [3.63, 3.8) is 0 Å². The van der Waals surface area contributed by atoms with Crippen molar-refractivity contribution in [2.24, 2.45) is 17.8 Å². The second-order valence-corrected chi connectivity index (χ2v) is 6.52. The van der Waals surface area contributed by atoms with Crippen LogP contribution in [0.15, 0.2) is 0 Å². The van der Waals surface area contributed by atoms with Crippen LogP contribution < -0.4 is 5.32 Å². The molecule has 0 aromatic carbocycles. The van der Waals surface area contributed by atoms with Crippen molar-refractivity contribution in [3.05, 3.63) is 0 Å². The first-order chi connectivity index (χ1) is 9.31. The lowest BCUT2D eigenvalue weighted by molar-refractivity contribution is -0.144. The summed E-state index contributed by atoms with van der Waals surface area (Å²) >= 11 is 0. The molecule has 2 N–H and O–H groups in total. The zero-order valence-corrected chi connectivity index (χ0v) is 13.1. The number of hydrogen-bond donors (Lipinski definition) is 2. The molecule has 1 aliphatic rings. The largest absolute Gasteiger partial charge is 0.481 e. The summed E-state index contributed by atoms with van der Waals surface area (Å²) in [4.78, 5) is 25.5. The van der Waals surface area contributed by atoms with Crippen LogP contribution in [0.25, 0.3) is 0 Å². The molecule has 3 unspecified atom stereocenters. The van der Waals surface area contributed by atoms with E-state index in [4.69, 9.17) is 5.11 Å². The minimum atomic E-state index is -0.767. The van der Waals surface area contributed by atoms with E-state index in [1.807, 2.05) is 14.1 Å². The number of carbonyl (C=O) groups excluding carboxylic acids is 1. The number of carbonyl (C=O) groups is 2. The number of carboxylic acid groups (broad SMARTS) is 1. The zero-order chi connectivity index (χ0) is 15.3. The number of rotatable bonds is 6. The van der Waals surface area contributed by atoms with Gasteiger partial charge in [-0.3, -0.25) is 9.59 Å². The summed E-state index contributed by atoms with van der Waals surface area (Å²) in [5, 5.41) is 12.2. The van der Waals surface area contributed by atoms with Gasteiger partial charge < -0.3 is 15.3 Å². The highest BCUT2D eigenvalue weighted by atomic mass is 16.4. The van der Waals surface area contributed by atoms with Gasteiger partial charge in [-0.25, -0.2) is 0 Å². The van der Waals surface area contributed by atoms with Gasteiger partial charge in [-0.2, -0.15) is 0 Å². The van der Waals surface area contributed by atoms with E-state index < -0.39 is 5.97 Å². The topological polar surface area (TPSA) is 69.6 Å². The average molecular weight is 284 g/mol. The van der Waals surface area contributed by atoms with Crippen LogP contribution in [-0.4, -0.2) is 48.6 Å². The van der Waals surface area contributed by atoms with Crippen molar-refractivity contribution in [3.8, 4) is 0 Å². The lowest BCUT2D eigenvalue weighted by Crippen LogP contribution is -2.47. The van der Waals surface area contributed by atoms with E-state index in [0.29, 0.717) is 18.8 Å². The Hall–Kier alpha value is -1.10. The molecular weight excluding hydrogens is 256 g/mol. The molecule has 116 valence electrons. The molecular formula is C15H28N2O3. The SMILES string of the molecule is CC(C)C(CN(C)C)NC(=O)C1CCCC(C(=O)O)C1. The molecule has 0 spiro atoms. The van der Waals surface area contributed by atoms with E-state index >= 15 is 0 Å². The average Bonchev–Trinajstić information content (AvgIpc) is 2.37. The highest BCUT2D eigenvalue weighted by Crippen LogP contribution is 2.29. The number of nitrogens with zero attached hydrogens (tertiary/aromatic N) is 1. The van der Waals surface area contributed by atoms with E-state index in [1.54, 1.807) is 0 Å². The van der Waals surface area contributed by atoms with Gasteiger partial charge in [0.15, 0.2) is 0 Å². The van der Waals surface area contributed by atoms with Crippen molar-refractivity contribution in [2.45, 2.75) is 45.6 Å². The van der Waals surface area contributed by atoms with Crippen LogP contribution in [0.2, 0.25) is 0 Å². The maximum atomic E-state index is 12.3. The summed E-state index contributed by atoms with van der Waals surface area (Å²) in [6.45, 7) is 4.99. The van der Waals surface area contributed by atoms with E-state index in [0.717, 1.165) is 19.4 Å². The lowest BCUT2D eigenvalue weighted by atomic mass is 9.81. The van der Waals surface area contributed by atoms with Crippen molar-refractivity contribution >= 4 is 11.9 Å². The van der Waals surface area contributed by atoms with Gasteiger partial charge in [0.05, 0.1) is 5.92 Å². The highest BCUT2D eigenvalue weighted by Gasteiger charge is 2.32. The van der Waals surface area contributed by atoms with Gasteiger partial charge in [0, 0.05) is 18.5 Å². The van der Waals surface area contributed by atoms with Crippen LogP contribution in [0.4, 0.5) is 0 Å². The first kappa shape index (κ1) is 17.0. The van der Waals surface area contributed by atoms with Crippen LogP contribution in [0, 0.1) is 17.8 Å². The third kappa shape index (κ3) is 5.12. The predicted octanol–water partition coefficient (Wildman–Crippen LogP) is 1.58. The second kappa shape index (κ2) is 7.62. The fourth-order valence-corrected chi connectivity index (χ4v) is 2.77. The Kier molecular flexibility index (Phi) is 6.46. The summed E-state index contributed by atoms with van der Waals surface area (Å²) in [5.74, 6) is -0.882. The molecule has 20 heavy (non-hydrogen) atoms. The van der Waals surface area contributed by atoms with Crippen LogP contribution in [0.5, 0.6) is 0 Å². The molecule has 5 heteroatoms. The van der Waals surface area contributed by atoms with E-state index in [2.05, 4.69) is 24.1 Å². The van der Waals surface area contributed by atoms with Crippen LogP contribution >= 0.6 is 0 Å². The Morgan fingerprint density at radius 3 is 2.35 bits per heavy atom. The van der Waals surface area contributed by atoms with E-state index in [1.165, 1.54) is 0 Å². The molecule has 1 amide bonds. The monoisotopic (exact) mass is 284 g/mol. The molecule has 0 saturated heterocycles. The Balaban J connectivity index is 2.57. The number of carboxylic acids is 1. The Labute approximate surface area is 121 Å². The molecule has 0 aliphatic heterocycles. The standard InChI is InChI=1S/C15H28N2O3/c1-10(2)13(9-17(3)4)16-14(18)11-6-5-7-12(8-11)15(19)20/h10-13H,5-9H2,1-4H3,(H,16,18)(H,19,20). The quantitative estimate of drug-likeness (QED) is 0.777. The van der Waals surface area contributed by atoms with Crippen molar-refractivity contribution in [1.29, 1.82) is 0 Å². The summed E-state index contributed by atoms with van der Waals surface area (Å²) in [6.07, 6.45) is 2.82. The van der Waals surface area contributed by atoms with Gasteiger partial charge in [-0.1, -0.05) is 20.3 Å². The number of likely N-dealkylation sites (N-methyl/N-ethyl adjacent to an activating group) is 1. The normalized spacial score (nSPS) is 24.7. The summed E-state index contributed by atoms with van der Waals surface area (Å²) in [5.41, 5.74) is 0. The van der Waals surface area contributed by atoms with Crippen molar-refractivity contribution in [1.82, 2.24) is 10.2 Å². The van der Waals surface area contributed by atoms with Crippen molar-refractivity contribution < 1.29 is 14.7 Å². The molecule has 0 heterocycles. The number of nitrogens with one attached hydrogen (secondary N) is 1. The van der Waals surface area contributed by atoms with E-state index in [9.17, 15) is 9.59 Å². The van der Waals surface area contributed by atoms with Gasteiger partial charge in [0.25, 0.3) is 0 Å². The van der Waals surface area contributed by atoms with Crippen LogP contribution in [0.1, 0.15) is 39.5 Å². The molecule has 1 rings (SSSR count). The van der Waals surface area contributed by atoms with Gasteiger partial charge in [-0.05, 0) is 39.3 Å². The third-order valence-corrected chi connectivity index (χ3v) is 4.09. The van der Waals surface area contributed by atoms with E-state index in [-0.39, 0.29) is 23.8 Å². The summed E-state index contributed by atoms with van der Waals surface area (Å²) in [6, 6.07) is 0.114. The fraction of sp³-hybridized carbons (Fsp3) is 0.867. The van der Waals surface area contributed by atoms with Gasteiger partial charge >= 0.3 is 5.97 Å². The minimum Gasteiger partial charge on any atom is -0.481 e. The Morgan fingerprint density at radius 2 is 1.85 bits per heavy atom. The van der Waals surface area contributed by atoms with Gasteiger partial charge in [-0.15, -0.1) is 0 Å². The van der Waals surface area contributed by atoms with Gasteiger partial charge in [0.2, 0.25) is 5.91 Å². The Morgan fingerprint density at radius 1 is 1.25 bits per heavy atom. The molecule has 5 nitrogen and oxygen atoms in total. The molecule has 1 saturated carbocycles. The summed E-state index contributed by atoms with van der Waals surface area (Å²) in [7, 11) is 3.98. The molecule has 0 radical (unpaired) electrons. The molecule has 0 bridgehead atoms. The lowest BCUT2D eigenvalue weighted by Gasteiger charge is -2.30. The zero-order valence-electron chi connectivity index (χ0n) is 13.1. The maximum Gasteiger partial charge on any atom is 0.306 e. The highest BCUT2D eigenvalue weighted by molar-refractivity contribution is 5.80. The van der Waals surface area contributed by atoms with Crippen LogP contribution in [-0.2, 0) is 9.59 Å². The first-order valence-electron chi connectivity index (χ1n) is 7.49. The number of amides is 1.